The summed E-state index contributed by atoms with van der Waals surface area (Å²) >= 11 is 7.48. The normalized spacial score (nSPS) is 12.0. The summed E-state index contributed by atoms with van der Waals surface area (Å²) in [7, 11) is 1.64. The highest BCUT2D eigenvalue weighted by atomic mass is 35.5. The van der Waals surface area contributed by atoms with Crippen molar-refractivity contribution < 1.29 is 4.79 Å². The molecular formula is C15H17ClN2OS. The Labute approximate surface area is 128 Å². The van der Waals surface area contributed by atoms with Gasteiger partial charge in [0.15, 0.2) is 0 Å². The summed E-state index contributed by atoms with van der Waals surface area (Å²) in [5.74, 6) is -0.0719. The predicted octanol–water partition coefficient (Wildman–Crippen LogP) is 4.24. The third-order valence-corrected chi connectivity index (χ3v) is 4.37. The molecule has 2 rings (SSSR count). The van der Waals surface area contributed by atoms with Gasteiger partial charge in [0.05, 0.1) is 4.34 Å². The van der Waals surface area contributed by atoms with Crippen LogP contribution >= 0.6 is 22.9 Å². The fourth-order valence-corrected chi connectivity index (χ4v) is 3.02. The van der Waals surface area contributed by atoms with Crippen molar-refractivity contribution in [1.29, 1.82) is 0 Å². The lowest BCUT2D eigenvalue weighted by Gasteiger charge is -2.17. The lowest BCUT2D eigenvalue weighted by molar-refractivity contribution is 0.0962. The number of amides is 1. The van der Waals surface area contributed by atoms with Gasteiger partial charge in [0.1, 0.15) is 0 Å². The van der Waals surface area contributed by atoms with Gasteiger partial charge in [0.25, 0.3) is 5.91 Å². The van der Waals surface area contributed by atoms with Gasteiger partial charge in [-0.3, -0.25) is 4.79 Å². The van der Waals surface area contributed by atoms with E-state index in [1.807, 2.05) is 36.6 Å². The fourth-order valence-electron chi connectivity index (χ4n) is 2.04. The maximum Gasteiger partial charge on any atom is 0.251 e. The SMILES string of the molecule is CNC(=O)c1cccc(NC(C)c2csc(Cl)c2)c1C. The van der Waals surface area contributed by atoms with Crippen LogP contribution in [0.4, 0.5) is 5.69 Å². The Morgan fingerprint density at radius 3 is 2.75 bits per heavy atom. The summed E-state index contributed by atoms with van der Waals surface area (Å²) in [6.07, 6.45) is 0. The summed E-state index contributed by atoms with van der Waals surface area (Å²) < 4.78 is 0.782. The van der Waals surface area contributed by atoms with Crippen LogP contribution < -0.4 is 10.6 Å². The Hall–Kier alpha value is -1.52. The first-order valence-corrected chi connectivity index (χ1v) is 7.61. The first-order chi connectivity index (χ1) is 9.52. The molecule has 2 N–H and O–H groups in total. The Kier molecular flexibility index (Phi) is 4.68. The zero-order chi connectivity index (χ0) is 14.7. The van der Waals surface area contributed by atoms with Crippen molar-refractivity contribution in [3.05, 3.63) is 50.7 Å². The van der Waals surface area contributed by atoms with Crippen molar-refractivity contribution in [1.82, 2.24) is 5.32 Å². The molecule has 1 amide bonds. The maximum absolute atomic E-state index is 11.8. The summed E-state index contributed by atoms with van der Waals surface area (Å²) in [5, 5.41) is 8.12. The number of benzene rings is 1. The number of thiophene rings is 1. The molecule has 0 bridgehead atoms. The van der Waals surface area contributed by atoms with E-state index < -0.39 is 0 Å². The molecule has 2 aromatic rings. The van der Waals surface area contributed by atoms with Crippen LogP contribution in [0.2, 0.25) is 4.34 Å². The van der Waals surface area contributed by atoms with E-state index in [-0.39, 0.29) is 11.9 Å². The average Bonchev–Trinajstić information content (AvgIpc) is 2.87. The minimum atomic E-state index is -0.0719. The van der Waals surface area contributed by atoms with Crippen LogP contribution in [-0.4, -0.2) is 13.0 Å². The number of hydrogen-bond donors (Lipinski definition) is 2. The van der Waals surface area contributed by atoms with Crippen molar-refractivity contribution in [2.75, 3.05) is 12.4 Å². The Balaban J connectivity index is 2.23. The molecule has 5 heteroatoms. The summed E-state index contributed by atoms with van der Waals surface area (Å²) in [6.45, 7) is 4.02. The van der Waals surface area contributed by atoms with Crippen LogP contribution in [0.1, 0.15) is 34.5 Å². The standard InChI is InChI=1S/C15H17ClN2OS/c1-9-12(15(19)17-3)5-4-6-13(9)18-10(2)11-7-14(16)20-8-11/h4-8,10,18H,1-3H3,(H,17,19). The van der Waals surface area contributed by atoms with Gasteiger partial charge in [0, 0.05) is 24.3 Å². The molecule has 1 aromatic carbocycles. The van der Waals surface area contributed by atoms with Gasteiger partial charge in [-0.2, -0.15) is 0 Å². The van der Waals surface area contributed by atoms with Crippen LogP contribution in [0.25, 0.3) is 0 Å². The topological polar surface area (TPSA) is 41.1 Å². The van der Waals surface area contributed by atoms with Crippen LogP contribution in [0.5, 0.6) is 0 Å². The van der Waals surface area contributed by atoms with Gasteiger partial charge in [-0.25, -0.2) is 0 Å². The lowest BCUT2D eigenvalue weighted by Crippen LogP contribution is -2.19. The molecule has 0 aliphatic carbocycles. The minimum absolute atomic E-state index is 0.0719. The second kappa shape index (κ2) is 6.29. The molecule has 0 fully saturated rings. The molecule has 1 unspecified atom stereocenters. The number of hydrogen-bond acceptors (Lipinski definition) is 3. The van der Waals surface area contributed by atoms with E-state index in [2.05, 4.69) is 17.6 Å². The molecule has 0 saturated heterocycles. The highest BCUT2D eigenvalue weighted by Crippen LogP contribution is 2.28. The third-order valence-electron chi connectivity index (χ3n) is 3.27. The van der Waals surface area contributed by atoms with Crippen LogP contribution in [0.15, 0.2) is 29.6 Å². The Morgan fingerprint density at radius 2 is 2.15 bits per heavy atom. The van der Waals surface area contributed by atoms with Crippen LogP contribution in [0, 0.1) is 6.92 Å². The highest BCUT2D eigenvalue weighted by molar-refractivity contribution is 7.14. The van der Waals surface area contributed by atoms with E-state index in [1.165, 1.54) is 11.3 Å². The number of carbonyl (C=O) groups is 1. The number of rotatable bonds is 4. The number of anilines is 1. The Bertz CT molecular complexity index is 624. The molecule has 20 heavy (non-hydrogen) atoms. The van der Waals surface area contributed by atoms with Crippen molar-refractivity contribution in [2.24, 2.45) is 0 Å². The fraction of sp³-hybridized carbons (Fsp3) is 0.267. The van der Waals surface area contributed by atoms with Crippen molar-refractivity contribution in [3.8, 4) is 0 Å². The van der Waals surface area contributed by atoms with Gasteiger partial charge < -0.3 is 10.6 Å². The summed E-state index contributed by atoms with van der Waals surface area (Å²) in [5.41, 5.74) is 3.73. The molecule has 0 saturated carbocycles. The van der Waals surface area contributed by atoms with Crippen LogP contribution in [0.3, 0.4) is 0 Å². The van der Waals surface area contributed by atoms with Gasteiger partial charge in [-0.15, -0.1) is 11.3 Å². The van der Waals surface area contributed by atoms with E-state index in [0.717, 1.165) is 21.2 Å². The smallest absolute Gasteiger partial charge is 0.251 e. The predicted molar refractivity (Wildman–Crippen MR) is 85.9 cm³/mol. The molecule has 1 aromatic heterocycles. The second-order valence-corrected chi connectivity index (χ2v) is 6.15. The number of carbonyl (C=O) groups excluding carboxylic acids is 1. The first kappa shape index (κ1) is 14.9. The molecular weight excluding hydrogens is 292 g/mol. The van der Waals surface area contributed by atoms with Gasteiger partial charge in [-0.1, -0.05) is 17.7 Å². The van der Waals surface area contributed by atoms with E-state index in [9.17, 15) is 4.79 Å². The van der Waals surface area contributed by atoms with Gasteiger partial charge in [0.2, 0.25) is 0 Å². The summed E-state index contributed by atoms with van der Waals surface area (Å²) in [6, 6.07) is 7.78. The molecule has 3 nitrogen and oxygen atoms in total. The number of nitrogens with one attached hydrogen (secondary N) is 2. The molecule has 0 aliphatic rings. The van der Waals surface area contributed by atoms with Crippen LogP contribution in [-0.2, 0) is 0 Å². The van der Waals surface area contributed by atoms with Gasteiger partial charge >= 0.3 is 0 Å². The molecule has 106 valence electrons. The zero-order valence-corrected chi connectivity index (χ0v) is 13.2. The third kappa shape index (κ3) is 3.14. The minimum Gasteiger partial charge on any atom is -0.378 e. The molecule has 1 heterocycles. The monoisotopic (exact) mass is 308 g/mol. The summed E-state index contributed by atoms with van der Waals surface area (Å²) in [4.78, 5) is 11.8. The van der Waals surface area contributed by atoms with Crippen molar-refractivity contribution in [3.63, 3.8) is 0 Å². The molecule has 0 aliphatic heterocycles. The Morgan fingerprint density at radius 1 is 1.40 bits per heavy atom. The van der Waals surface area contributed by atoms with Crippen molar-refractivity contribution >= 4 is 34.5 Å². The number of halogens is 1. The first-order valence-electron chi connectivity index (χ1n) is 6.35. The van der Waals surface area contributed by atoms with E-state index >= 15 is 0 Å². The molecule has 1 atom stereocenters. The largest absolute Gasteiger partial charge is 0.378 e. The van der Waals surface area contributed by atoms with E-state index in [0.29, 0.717) is 5.56 Å². The highest BCUT2D eigenvalue weighted by Gasteiger charge is 2.13. The quantitative estimate of drug-likeness (QED) is 0.887. The van der Waals surface area contributed by atoms with E-state index in [4.69, 9.17) is 11.6 Å². The maximum atomic E-state index is 11.8. The zero-order valence-electron chi connectivity index (χ0n) is 11.7. The van der Waals surface area contributed by atoms with E-state index in [1.54, 1.807) is 7.05 Å². The second-order valence-electron chi connectivity index (χ2n) is 4.61. The van der Waals surface area contributed by atoms with Crippen molar-refractivity contribution in [2.45, 2.75) is 19.9 Å². The molecule has 0 spiro atoms. The van der Waals surface area contributed by atoms with Gasteiger partial charge in [-0.05, 0) is 48.6 Å². The molecule has 0 radical (unpaired) electrons. The lowest BCUT2D eigenvalue weighted by atomic mass is 10.0. The average molecular weight is 309 g/mol.